The molecule has 0 saturated heterocycles. The number of hydrogen-bond donors (Lipinski definition) is 2. The van der Waals surface area contributed by atoms with Crippen LogP contribution >= 0.6 is 12.6 Å². The highest BCUT2D eigenvalue weighted by Crippen LogP contribution is 2.13. The van der Waals surface area contributed by atoms with Crippen molar-refractivity contribution in [1.82, 2.24) is 0 Å². The standard InChI is InChI=1S/C16H32O2S.C2H3N/c17-16(18)14-12-10-8-6-4-2-1-3-5-7-9-11-13-15-19;1-2-3/h19H,1-15H2,(H,17,18);1H3. The van der Waals surface area contributed by atoms with Crippen LogP contribution in [0, 0.1) is 11.3 Å². The molecule has 0 aliphatic rings. The van der Waals surface area contributed by atoms with Crippen LogP contribution in [0.15, 0.2) is 0 Å². The van der Waals surface area contributed by atoms with Crippen molar-refractivity contribution in [2.24, 2.45) is 0 Å². The molecule has 0 bridgehead atoms. The van der Waals surface area contributed by atoms with Gasteiger partial charge < -0.3 is 5.11 Å². The van der Waals surface area contributed by atoms with Crippen LogP contribution in [-0.2, 0) is 4.79 Å². The Bertz CT molecular complexity index is 264. The molecule has 1 N–H and O–H groups in total. The average molecular weight is 330 g/mol. The van der Waals surface area contributed by atoms with E-state index in [0.29, 0.717) is 6.42 Å². The zero-order valence-electron chi connectivity index (χ0n) is 14.4. The molecule has 0 heterocycles. The van der Waals surface area contributed by atoms with Gasteiger partial charge in [0.15, 0.2) is 0 Å². The molecule has 130 valence electrons. The molecule has 0 spiro atoms. The number of carboxylic acids is 1. The third-order valence-electron chi connectivity index (χ3n) is 3.55. The Morgan fingerprint density at radius 3 is 1.36 bits per heavy atom. The third-order valence-corrected chi connectivity index (χ3v) is 3.86. The molecule has 0 aliphatic carbocycles. The zero-order valence-corrected chi connectivity index (χ0v) is 15.3. The number of nitrogens with zero attached hydrogens (tertiary/aromatic N) is 1. The predicted molar refractivity (Wildman–Crippen MR) is 97.4 cm³/mol. The van der Waals surface area contributed by atoms with E-state index in [-0.39, 0.29) is 0 Å². The molecular formula is C18H35NO2S. The van der Waals surface area contributed by atoms with E-state index in [1.165, 1.54) is 77.6 Å². The fourth-order valence-corrected chi connectivity index (χ4v) is 2.56. The van der Waals surface area contributed by atoms with Gasteiger partial charge in [-0.05, 0) is 18.6 Å². The minimum absolute atomic E-state index is 0.340. The summed E-state index contributed by atoms with van der Waals surface area (Å²) in [5.41, 5.74) is 0. The summed E-state index contributed by atoms with van der Waals surface area (Å²) in [5.74, 6) is 0.376. The Morgan fingerprint density at radius 1 is 0.818 bits per heavy atom. The molecule has 0 fully saturated rings. The summed E-state index contributed by atoms with van der Waals surface area (Å²) < 4.78 is 0. The first-order valence-corrected chi connectivity index (χ1v) is 9.45. The van der Waals surface area contributed by atoms with Crippen LogP contribution in [-0.4, -0.2) is 16.8 Å². The van der Waals surface area contributed by atoms with E-state index >= 15 is 0 Å². The maximum atomic E-state index is 10.3. The van der Waals surface area contributed by atoms with Gasteiger partial charge in [0.25, 0.3) is 0 Å². The quantitative estimate of drug-likeness (QED) is 0.286. The molecule has 0 aromatic carbocycles. The fourth-order valence-electron chi connectivity index (χ4n) is 2.33. The summed E-state index contributed by atoms with van der Waals surface area (Å²) in [4.78, 5) is 10.3. The van der Waals surface area contributed by atoms with Gasteiger partial charge in [-0.3, -0.25) is 4.79 Å². The van der Waals surface area contributed by atoms with Gasteiger partial charge in [0.2, 0.25) is 0 Å². The molecule has 0 atom stereocenters. The van der Waals surface area contributed by atoms with E-state index in [0.717, 1.165) is 18.6 Å². The first kappa shape index (κ1) is 23.6. The predicted octanol–water partition coefficient (Wildman–Crippen LogP) is 5.99. The van der Waals surface area contributed by atoms with Crippen molar-refractivity contribution in [3.63, 3.8) is 0 Å². The van der Waals surface area contributed by atoms with Crippen LogP contribution in [0.2, 0.25) is 0 Å². The number of hydrogen-bond acceptors (Lipinski definition) is 3. The lowest BCUT2D eigenvalue weighted by Crippen LogP contribution is -1.93. The molecule has 0 rings (SSSR count). The van der Waals surface area contributed by atoms with Crippen molar-refractivity contribution in [2.45, 2.75) is 96.8 Å². The molecule has 3 nitrogen and oxygen atoms in total. The smallest absolute Gasteiger partial charge is 0.303 e. The first-order chi connectivity index (χ1) is 10.7. The third kappa shape index (κ3) is 27.6. The topological polar surface area (TPSA) is 61.1 Å². The van der Waals surface area contributed by atoms with Gasteiger partial charge in [-0.1, -0.05) is 70.6 Å². The Kier molecular flexibility index (Phi) is 24.2. The number of aliphatic carboxylic acids is 1. The summed E-state index contributed by atoms with van der Waals surface area (Å²) in [5, 5.41) is 15.8. The summed E-state index contributed by atoms with van der Waals surface area (Å²) in [7, 11) is 0. The minimum atomic E-state index is -0.658. The van der Waals surface area contributed by atoms with Crippen LogP contribution < -0.4 is 0 Å². The van der Waals surface area contributed by atoms with Crippen LogP contribution in [0.5, 0.6) is 0 Å². The Labute approximate surface area is 142 Å². The summed E-state index contributed by atoms with van der Waals surface area (Å²) in [6, 6.07) is 1.75. The van der Waals surface area contributed by atoms with Gasteiger partial charge >= 0.3 is 5.97 Å². The Hall–Kier alpha value is -0.690. The monoisotopic (exact) mass is 329 g/mol. The molecule has 0 radical (unpaired) electrons. The van der Waals surface area contributed by atoms with Crippen LogP contribution in [0.25, 0.3) is 0 Å². The maximum Gasteiger partial charge on any atom is 0.303 e. The van der Waals surface area contributed by atoms with Gasteiger partial charge in [0, 0.05) is 13.3 Å². The lowest BCUT2D eigenvalue weighted by atomic mass is 10.0. The highest BCUT2D eigenvalue weighted by Gasteiger charge is 1.96. The van der Waals surface area contributed by atoms with Crippen LogP contribution in [0.3, 0.4) is 0 Å². The van der Waals surface area contributed by atoms with Crippen molar-refractivity contribution in [3.05, 3.63) is 0 Å². The number of carboxylic acid groups (broad SMARTS) is 1. The molecule has 0 aromatic rings. The Morgan fingerprint density at radius 2 is 1.09 bits per heavy atom. The second-order valence-electron chi connectivity index (χ2n) is 5.69. The van der Waals surface area contributed by atoms with Crippen LogP contribution in [0.4, 0.5) is 0 Å². The van der Waals surface area contributed by atoms with E-state index in [4.69, 9.17) is 10.4 Å². The van der Waals surface area contributed by atoms with E-state index in [1.54, 1.807) is 6.07 Å². The van der Waals surface area contributed by atoms with Crippen molar-refractivity contribution in [2.75, 3.05) is 5.75 Å². The van der Waals surface area contributed by atoms with Gasteiger partial charge in [-0.2, -0.15) is 17.9 Å². The number of nitriles is 1. The maximum absolute atomic E-state index is 10.3. The second-order valence-corrected chi connectivity index (χ2v) is 6.13. The molecule has 4 heteroatoms. The molecule has 0 amide bonds. The van der Waals surface area contributed by atoms with Gasteiger partial charge in [0.1, 0.15) is 0 Å². The molecule has 0 unspecified atom stereocenters. The van der Waals surface area contributed by atoms with Gasteiger partial charge in [-0.25, -0.2) is 0 Å². The highest BCUT2D eigenvalue weighted by atomic mass is 32.1. The number of unbranched alkanes of at least 4 members (excludes halogenated alkanes) is 12. The van der Waals surface area contributed by atoms with E-state index in [2.05, 4.69) is 12.6 Å². The lowest BCUT2D eigenvalue weighted by molar-refractivity contribution is -0.137. The lowest BCUT2D eigenvalue weighted by Gasteiger charge is -2.02. The van der Waals surface area contributed by atoms with Crippen molar-refractivity contribution >= 4 is 18.6 Å². The van der Waals surface area contributed by atoms with Gasteiger partial charge in [0.05, 0.1) is 6.07 Å². The SMILES string of the molecule is CC#N.O=C(O)CCCCCCCCCCCCCCCS. The van der Waals surface area contributed by atoms with E-state index in [1.807, 2.05) is 0 Å². The summed E-state index contributed by atoms with van der Waals surface area (Å²) in [6.45, 7) is 1.43. The van der Waals surface area contributed by atoms with Crippen molar-refractivity contribution in [1.29, 1.82) is 5.26 Å². The van der Waals surface area contributed by atoms with E-state index in [9.17, 15) is 4.79 Å². The molecule has 22 heavy (non-hydrogen) atoms. The highest BCUT2D eigenvalue weighted by molar-refractivity contribution is 7.80. The zero-order chi connectivity index (χ0) is 16.9. The second kappa shape index (κ2) is 22.6. The number of rotatable bonds is 15. The normalized spacial score (nSPS) is 9.68. The minimum Gasteiger partial charge on any atom is -0.481 e. The van der Waals surface area contributed by atoms with Crippen molar-refractivity contribution < 1.29 is 9.90 Å². The largest absolute Gasteiger partial charge is 0.481 e. The summed E-state index contributed by atoms with van der Waals surface area (Å²) in [6.07, 6.45) is 17.0. The number of carbonyl (C=O) groups is 1. The fraction of sp³-hybridized carbons (Fsp3) is 0.889. The number of thiol groups is 1. The first-order valence-electron chi connectivity index (χ1n) is 8.82. The van der Waals surface area contributed by atoms with E-state index < -0.39 is 5.97 Å². The molecule has 0 saturated carbocycles. The molecule has 0 aromatic heterocycles. The van der Waals surface area contributed by atoms with Gasteiger partial charge in [-0.15, -0.1) is 0 Å². The average Bonchev–Trinajstić information content (AvgIpc) is 2.48. The molecule has 0 aliphatic heterocycles. The molecular weight excluding hydrogens is 294 g/mol. The summed E-state index contributed by atoms with van der Waals surface area (Å²) >= 11 is 4.21. The Balaban J connectivity index is 0. The van der Waals surface area contributed by atoms with Crippen LogP contribution in [0.1, 0.15) is 96.8 Å². The van der Waals surface area contributed by atoms with Crippen molar-refractivity contribution in [3.8, 4) is 6.07 Å².